The molecule has 13 heavy (non-hydrogen) atoms. The van der Waals surface area contributed by atoms with Crippen molar-refractivity contribution in [2.45, 2.75) is 13.0 Å². The van der Waals surface area contributed by atoms with Crippen LogP contribution in [0.25, 0.3) is 0 Å². The number of nitrogens with zero attached hydrogens (tertiary/aromatic N) is 2. The third-order valence-corrected chi connectivity index (χ3v) is 1.97. The minimum absolute atomic E-state index is 0.477. The van der Waals surface area contributed by atoms with Crippen LogP contribution in [0.3, 0.4) is 0 Å². The minimum Gasteiger partial charge on any atom is -0.480 e. The number of rotatable bonds is 3. The monoisotopic (exact) mass is 245 g/mol. The Morgan fingerprint density at radius 1 is 1.77 bits per heavy atom. The van der Waals surface area contributed by atoms with E-state index >= 15 is 0 Å². The molecule has 1 aromatic heterocycles. The van der Waals surface area contributed by atoms with Gasteiger partial charge >= 0.3 is 5.97 Å². The minimum atomic E-state index is -0.925. The molecular weight excluding hydrogens is 238 g/mol. The van der Waals surface area contributed by atoms with E-state index in [1.165, 1.54) is 13.3 Å². The lowest BCUT2D eigenvalue weighted by Gasteiger charge is -2.09. The van der Waals surface area contributed by atoms with Gasteiger partial charge in [0.15, 0.2) is 0 Å². The maximum Gasteiger partial charge on any atom is 0.325 e. The fourth-order valence-corrected chi connectivity index (χ4v) is 1.02. The van der Waals surface area contributed by atoms with E-state index in [9.17, 15) is 4.79 Å². The number of anilines is 1. The molecule has 2 N–H and O–H groups in total. The van der Waals surface area contributed by atoms with Gasteiger partial charge in [-0.1, -0.05) is 0 Å². The number of aromatic nitrogens is 2. The number of aliphatic carboxylic acids is 1. The van der Waals surface area contributed by atoms with Gasteiger partial charge in [0.2, 0.25) is 0 Å². The first-order chi connectivity index (χ1) is 6.11. The first kappa shape index (κ1) is 9.91. The maximum atomic E-state index is 10.5. The van der Waals surface area contributed by atoms with E-state index in [-0.39, 0.29) is 0 Å². The summed E-state index contributed by atoms with van der Waals surface area (Å²) in [5, 5.41) is 11.3. The third kappa shape index (κ3) is 2.66. The molecule has 0 amide bonds. The Bertz CT molecular complexity index is 318. The van der Waals surface area contributed by atoms with Gasteiger partial charge in [-0.05, 0) is 22.9 Å². The highest BCUT2D eigenvalue weighted by molar-refractivity contribution is 9.10. The molecule has 0 bridgehead atoms. The average Bonchev–Trinajstić information content (AvgIpc) is 2.08. The van der Waals surface area contributed by atoms with E-state index in [1.54, 1.807) is 6.20 Å². The number of carbonyl (C=O) groups is 1. The van der Waals surface area contributed by atoms with Crippen LogP contribution in [0.15, 0.2) is 17.0 Å². The predicted octanol–water partition coefficient (Wildman–Crippen LogP) is 1.12. The van der Waals surface area contributed by atoms with Crippen LogP contribution < -0.4 is 5.32 Å². The Labute approximate surface area is 83.3 Å². The third-order valence-electron chi connectivity index (χ3n) is 1.39. The number of hydrogen-bond acceptors (Lipinski definition) is 4. The van der Waals surface area contributed by atoms with Crippen molar-refractivity contribution >= 4 is 27.7 Å². The number of hydrogen-bond donors (Lipinski definition) is 2. The summed E-state index contributed by atoms with van der Waals surface area (Å²) in [6.07, 6.45) is 2.89. The van der Waals surface area contributed by atoms with Crippen molar-refractivity contribution in [3.05, 3.63) is 17.0 Å². The topological polar surface area (TPSA) is 75.1 Å². The van der Waals surface area contributed by atoms with Gasteiger partial charge in [-0.3, -0.25) is 4.79 Å². The molecule has 1 aromatic rings. The summed E-state index contributed by atoms with van der Waals surface area (Å²) in [5.74, 6) is -0.449. The zero-order valence-electron chi connectivity index (χ0n) is 6.86. The van der Waals surface area contributed by atoms with E-state index in [2.05, 4.69) is 31.2 Å². The second kappa shape index (κ2) is 4.18. The van der Waals surface area contributed by atoms with Crippen molar-refractivity contribution < 1.29 is 9.90 Å². The van der Waals surface area contributed by atoms with Crippen LogP contribution in [0.5, 0.6) is 0 Å². The van der Waals surface area contributed by atoms with E-state index in [4.69, 9.17) is 5.11 Å². The zero-order valence-corrected chi connectivity index (χ0v) is 8.45. The molecular formula is C7H8BrN3O2. The highest BCUT2D eigenvalue weighted by atomic mass is 79.9. The molecule has 0 aromatic carbocycles. The van der Waals surface area contributed by atoms with Crippen molar-refractivity contribution in [3.63, 3.8) is 0 Å². The van der Waals surface area contributed by atoms with Crippen LogP contribution in [0.2, 0.25) is 0 Å². The van der Waals surface area contributed by atoms with Crippen molar-refractivity contribution in [2.24, 2.45) is 0 Å². The summed E-state index contributed by atoms with van der Waals surface area (Å²) >= 11 is 3.19. The predicted molar refractivity (Wildman–Crippen MR) is 50.5 cm³/mol. The van der Waals surface area contributed by atoms with Crippen LogP contribution in [0.4, 0.5) is 5.82 Å². The molecule has 0 aliphatic carbocycles. The number of nitrogens with one attached hydrogen (secondary N) is 1. The number of halogens is 1. The maximum absolute atomic E-state index is 10.5. The molecule has 1 unspecified atom stereocenters. The Kier molecular flexibility index (Phi) is 3.18. The Morgan fingerprint density at radius 2 is 2.46 bits per heavy atom. The molecule has 5 nitrogen and oxygen atoms in total. The van der Waals surface area contributed by atoms with Gasteiger partial charge in [0.25, 0.3) is 0 Å². The summed E-state index contributed by atoms with van der Waals surface area (Å²) in [6.45, 7) is 1.54. The lowest BCUT2D eigenvalue weighted by atomic mass is 10.3. The van der Waals surface area contributed by atoms with Gasteiger partial charge < -0.3 is 10.4 Å². The largest absolute Gasteiger partial charge is 0.480 e. The lowest BCUT2D eigenvalue weighted by molar-refractivity contribution is -0.137. The van der Waals surface area contributed by atoms with Gasteiger partial charge in [0, 0.05) is 6.20 Å². The molecule has 1 rings (SSSR count). The van der Waals surface area contributed by atoms with Crippen LogP contribution >= 0.6 is 15.9 Å². The Balaban J connectivity index is 2.74. The van der Waals surface area contributed by atoms with Crippen LogP contribution in [-0.4, -0.2) is 27.1 Å². The SMILES string of the molecule is CC(Nc1ncncc1Br)C(=O)O. The molecule has 1 atom stereocenters. The van der Waals surface area contributed by atoms with E-state index in [0.29, 0.717) is 10.3 Å². The number of carboxylic acid groups (broad SMARTS) is 1. The molecule has 1 heterocycles. The fraction of sp³-hybridized carbons (Fsp3) is 0.286. The highest BCUT2D eigenvalue weighted by Gasteiger charge is 2.12. The molecule has 0 spiro atoms. The first-order valence-electron chi connectivity index (χ1n) is 3.56. The Hall–Kier alpha value is -1.17. The Morgan fingerprint density at radius 3 is 3.00 bits per heavy atom. The van der Waals surface area contributed by atoms with Gasteiger partial charge in [0.1, 0.15) is 18.2 Å². The van der Waals surface area contributed by atoms with Crippen molar-refractivity contribution in [1.82, 2.24) is 9.97 Å². The van der Waals surface area contributed by atoms with E-state index in [1.807, 2.05) is 0 Å². The van der Waals surface area contributed by atoms with Crippen molar-refractivity contribution in [3.8, 4) is 0 Å². The molecule has 6 heteroatoms. The van der Waals surface area contributed by atoms with Gasteiger partial charge in [-0.2, -0.15) is 0 Å². The fourth-order valence-electron chi connectivity index (χ4n) is 0.686. The molecule has 0 aliphatic heterocycles. The summed E-state index contributed by atoms with van der Waals surface area (Å²) in [7, 11) is 0. The lowest BCUT2D eigenvalue weighted by Crippen LogP contribution is -2.26. The molecule has 0 saturated carbocycles. The average molecular weight is 246 g/mol. The second-order valence-electron chi connectivity index (χ2n) is 2.42. The van der Waals surface area contributed by atoms with Crippen LogP contribution in [0, 0.1) is 0 Å². The molecule has 0 radical (unpaired) electrons. The normalized spacial score (nSPS) is 12.2. The summed E-state index contributed by atoms with van der Waals surface area (Å²) < 4.78 is 0.642. The zero-order chi connectivity index (χ0) is 9.84. The van der Waals surface area contributed by atoms with E-state index < -0.39 is 12.0 Å². The quantitative estimate of drug-likeness (QED) is 0.835. The summed E-state index contributed by atoms with van der Waals surface area (Å²) in [4.78, 5) is 18.1. The number of carboxylic acids is 1. The van der Waals surface area contributed by atoms with Crippen LogP contribution in [-0.2, 0) is 4.79 Å². The first-order valence-corrected chi connectivity index (χ1v) is 4.35. The smallest absolute Gasteiger partial charge is 0.325 e. The second-order valence-corrected chi connectivity index (χ2v) is 3.28. The highest BCUT2D eigenvalue weighted by Crippen LogP contribution is 2.17. The van der Waals surface area contributed by atoms with Crippen LogP contribution in [0.1, 0.15) is 6.92 Å². The molecule has 0 aliphatic rings. The van der Waals surface area contributed by atoms with Crippen molar-refractivity contribution in [1.29, 1.82) is 0 Å². The summed E-state index contributed by atoms with van der Waals surface area (Å²) in [6, 6.07) is -0.675. The van der Waals surface area contributed by atoms with E-state index in [0.717, 1.165) is 0 Å². The van der Waals surface area contributed by atoms with Gasteiger partial charge in [-0.25, -0.2) is 9.97 Å². The molecule has 0 fully saturated rings. The molecule has 0 saturated heterocycles. The standard InChI is InChI=1S/C7H8BrN3O2/c1-4(7(12)13)11-6-5(8)2-9-3-10-6/h2-4H,1H3,(H,12,13)(H,9,10,11). The molecule has 70 valence electrons. The van der Waals surface area contributed by atoms with Gasteiger partial charge in [-0.15, -0.1) is 0 Å². The van der Waals surface area contributed by atoms with Crippen molar-refractivity contribution in [2.75, 3.05) is 5.32 Å². The summed E-state index contributed by atoms with van der Waals surface area (Å²) in [5.41, 5.74) is 0. The van der Waals surface area contributed by atoms with Gasteiger partial charge in [0.05, 0.1) is 4.47 Å².